The number of unbranched alkanes of at least 4 members (excludes halogenated alkanes) is 1. The van der Waals surface area contributed by atoms with E-state index in [4.69, 9.17) is 5.11 Å². The van der Waals surface area contributed by atoms with Crippen LogP contribution in [0.25, 0.3) is 0 Å². The SMILES string of the molecule is O=C(NCCCCO)[C@@H]1C[C@H](c2ccccc2)N2CCC[C@@H]12. The Morgan fingerprint density at radius 3 is 2.86 bits per heavy atom. The first kappa shape index (κ1) is 15.5. The maximum Gasteiger partial charge on any atom is 0.224 e. The van der Waals surface area contributed by atoms with Gasteiger partial charge in [0.05, 0.1) is 5.92 Å². The molecule has 22 heavy (non-hydrogen) atoms. The van der Waals surface area contributed by atoms with Crippen LogP contribution in [0.4, 0.5) is 0 Å². The molecule has 120 valence electrons. The fraction of sp³-hybridized carbons (Fsp3) is 0.611. The van der Waals surface area contributed by atoms with Crippen LogP contribution in [0.1, 0.15) is 43.7 Å². The van der Waals surface area contributed by atoms with E-state index in [1.54, 1.807) is 0 Å². The van der Waals surface area contributed by atoms with Crippen molar-refractivity contribution < 1.29 is 9.90 Å². The van der Waals surface area contributed by atoms with Crippen LogP contribution in [0.15, 0.2) is 30.3 Å². The third-order valence-electron chi connectivity index (χ3n) is 5.09. The molecular weight excluding hydrogens is 276 g/mol. The number of hydrogen-bond donors (Lipinski definition) is 2. The van der Waals surface area contributed by atoms with Crippen LogP contribution in [0.2, 0.25) is 0 Å². The fourth-order valence-electron chi connectivity index (χ4n) is 4.03. The second kappa shape index (κ2) is 7.25. The van der Waals surface area contributed by atoms with Crippen LogP contribution in [0.5, 0.6) is 0 Å². The number of carbonyl (C=O) groups excluding carboxylic acids is 1. The second-order valence-electron chi connectivity index (χ2n) is 6.44. The number of hydrogen-bond acceptors (Lipinski definition) is 3. The average Bonchev–Trinajstić information content (AvgIpc) is 3.14. The molecule has 0 saturated carbocycles. The van der Waals surface area contributed by atoms with E-state index in [9.17, 15) is 4.79 Å². The van der Waals surface area contributed by atoms with Crippen LogP contribution >= 0.6 is 0 Å². The van der Waals surface area contributed by atoms with Crippen molar-refractivity contribution in [3.63, 3.8) is 0 Å². The third-order valence-corrected chi connectivity index (χ3v) is 5.09. The van der Waals surface area contributed by atoms with Gasteiger partial charge in [0.25, 0.3) is 0 Å². The summed E-state index contributed by atoms with van der Waals surface area (Å²) < 4.78 is 0. The highest BCUT2D eigenvalue weighted by Crippen LogP contribution is 2.44. The number of benzene rings is 1. The first-order valence-electron chi connectivity index (χ1n) is 8.50. The van der Waals surface area contributed by atoms with Crippen molar-refractivity contribution in [2.75, 3.05) is 19.7 Å². The Morgan fingerprint density at radius 2 is 2.09 bits per heavy atom. The normalized spacial score (nSPS) is 27.8. The van der Waals surface area contributed by atoms with Crippen LogP contribution in [0, 0.1) is 5.92 Å². The average molecular weight is 302 g/mol. The molecule has 0 spiro atoms. The molecule has 4 heteroatoms. The minimum absolute atomic E-state index is 0.113. The van der Waals surface area contributed by atoms with E-state index in [0.29, 0.717) is 18.6 Å². The number of amides is 1. The van der Waals surface area contributed by atoms with Crippen molar-refractivity contribution in [2.45, 2.75) is 44.2 Å². The van der Waals surface area contributed by atoms with Gasteiger partial charge in [0, 0.05) is 25.2 Å². The predicted molar refractivity (Wildman–Crippen MR) is 86.3 cm³/mol. The van der Waals surface area contributed by atoms with E-state index in [-0.39, 0.29) is 18.4 Å². The van der Waals surface area contributed by atoms with Gasteiger partial charge in [0.15, 0.2) is 0 Å². The van der Waals surface area contributed by atoms with E-state index in [2.05, 4.69) is 34.5 Å². The summed E-state index contributed by atoms with van der Waals surface area (Å²) in [5.74, 6) is 0.315. The lowest BCUT2D eigenvalue weighted by molar-refractivity contribution is -0.125. The molecule has 1 aromatic rings. The molecule has 0 unspecified atom stereocenters. The number of nitrogens with one attached hydrogen (secondary N) is 1. The zero-order chi connectivity index (χ0) is 15.4. The van der Waals surface area contributed by atoms with Gasteiger partial charge in [0.1, 0.15) is 0 Å². The number of carbonyl (C=O) groups is 1. The van der Waals surface area contributed by atoms with Crippen LogP contribution in [-0.2, 0) is 4.79 Å². The first-order chi connectivity index (χ1) is 10.8. The summed E-state index contributed by atoms with van der Waals surface area (Å²) in [6, 6.07) is 11.4. The van der Waals surface area contributed by atoms with Crippen molar-refractivity contribution >= 4 is 5.91 Å². The van der Waals surface area contributed by atoms with Crippen molar-refractivity contribution in [1.29, 1.82) is 0 Å². The summed E-state index contributed by atoms with van der Waals surface area (Å²) in [6.07, 6.45) is 4.87. The molecule has 0 aromatic heterocycles. The lowest BCUT2D eigenvalue weighted by Gasteiger charge is -2.24. The summed E-state index contributed by atoms with van der Waals surface area (Å²) in [7, 11) is 0. The fourth-order valence-corrected chi connectivity index (χ4v) is 4.03. The molecule has 2 heterocycles. The first-order valence-corrected chi connectivity index (χ1v) is 8.50. The monoisotopic (exact) mass is 302 g/mol. The molecule has 2 aliphatic rings. The number of aliphatic hydroxyl groups is 1. The topological polar surface area (TPSA) is 52.6 Å². The molecule has 3 rings (SSSR count). The maximum atomic E-state index is 12.5. The summed E-state index contributed by atoms with van der Waals surface area (Å²) in [5.41, 5.74) is 1.34. The molecule has 2 N–H and O–H groups in total. The Labute approximate surface area is 132 Å². The third kappa shape index (κ3) is 3.18. The van der Waals surface area contributed by atoms with Gasteiger partial charge in [-0.2, -0.15) is 0 Å². The highest BCUT2D eigenvalue weighted by molar-refractivity contribution is 5.80. The molecule has 2 saturated heterocycles. The van der Waals surface area contributed by atoms with E-state index in [0.717, 1.165) is 32.2 Å². The summed E-state index contributed by atoms with van der Waals surface area (Å²) in [5, 5.41) is 11.9. The van der Waals surface area contributed by atoms with Crippen molar-refractivity contribution in [3.8, 4) is 0 Å². The minimum Gasteiger partial charge on any atom is -0.396 e. The van der Waals surface area contributed by atoms with Crippen LogP contribution in [-0.4, -0.2) is 41.7 Å². The van der Waals surface area contributed by atoms with E-state index in [1.165, 1.54) is 12.0 Å². The quantitative estimate of drug-likeness (QED) is 0.791. The summed E-state index contributed by atoms with van der Waals surface area (Å²) in [4.78, 5) is 15.1. The van der Waals surface area contributed by atoms with Crippen LogP contribution < -0.4 is 5.32 Å². The maximum absolute atomic E-state index is 12.5. The number of nitrogens with zero attached hydrogens (tertiary/aromatic N) is 1. The van der Waals surface area contributed by atoms with Gasteiger partial charge >= 0.3 is 0 Å². The highest BCUT2D eigenvalue weighted by Gasteiger charge is 2.46. The Hall–Kier alpha value is -1.39. The van der Waals surface area contributed by atoms with Gasteiger partial charge in [-0.15, -0.1) is 0 Å². The summed E-state index contributed by atoms with van der Waals surface area (Å²) >= 11 is 0. The molecule has 0 aliphatic carbocycles. The second-order valence-corrected chi connectivity index (χ2v) is 6.44. The standard InChI is InChI=1S/C18H26N2O2/c21-12-5-4-10-19-18(22)15-13-17(14-7-2-1-3-8-14)20-11-6-9-16(15)20/h1-3,7-8,15-17,21H,4-6,9-13H2,(H,19,22)/t15-,16+,17-/m1/s1. The molecule has 0 radical (unpaired) electrons. The van der Waals surface area contributed by atoms with Gasteiger partial charge in [-0.1, -0.05) is 30.3 Å². The van der Waals surface area contributed by atoms with Crippen molar-refractivity contribution in [2.24, 2.45) is 5.92 Å². The largest absolute Gasteiger partial charge is 0.396 e. The smallest absolute Gasteiger partial charge is 0.224 e. The molecule has 1 aromatic carbocycles. The van der Waals surface area contributed by atoms with Crippen molar-refractivity contribution in [1.82, 2.24) is 10.2 Å². The van der Waals surface area contributed by atoms with E-state index in [1.807, 2.05) is 6.07 Å². The Kier molecular flexibility index (Phi) is 5.11. The van der Waals surface area contributed by atoms with Gasteiger partial charge in [-0.05, 0) is 44.2 Å². The zero-order valence-corrected chi connectivity index (χ0v) is 13.1. The molecule has 4 nitrogen and oxygen atoms in total. The van der Waals surface area contributed by atoms with Crippen molar-refractivity contribution in [3.05, 3.63) is 35.9 Å². The molecule has 1 amide bonds. The summed E-state index contributed by atoms with van der Waals surface area (Å²) in [6.45, 7) is 1.99. The van der Waals surface area contributed by atoms with Crippen LogP contribution in [0.3, 0.4) is 0 Å². The predicted octanol–water partition coefficient (Wildman–Crippen LogP) is 2.10. The Morgan fingerprint density at radius 1 is 1.27 bits per heavy atom. The Balaban J connectivity index is 1.64. The van der Waals surface area contributed by atoms with Gasteiger partial charge in [-0.25, -0.2) is 0 Å². The lowest BCUT2D eigenvalue weighted by Crippen LogP contribution is -2.37. The Bertz CT molecular complexity index is 491. The van der Waals surface area contributed by atoms with Gasteiger partial charge < -0.3 is 10.4 Å². The molecule has 3 atom stereocenters. The number of aliphatic hydroxyl groups excluding tert-OH is 1. The lowest BCUT2D eigenvalue weighted by atomic mass is 9.93. The molecule has 2 fully saturated rings. The number of fused-ring (bicyclic) bond motifs is 1. The molecule has 0 bridgehead atoms. The van der Waals surface area contributed by atoms with E-state index >= 15 is 0 Å². The minimum atomic E-state index is 0.113. The zero-order valence-electron chi connectivity index (χ0n) is 13.1. The highest BCUT2D eigenvalue weighted by atomic mass is 16.2. The van der Waals surface area contributed by atoms with E-state index < -0.39 is 0 Å². The van der Waals surface area contributed by atoms with Gasteiger partial charge in [-0.3, -0.25) is 9.69 Å². The number of rotatable bonds is 6. The molecule has 2 aliphatic heterocycles. The van der Waals surface area contributed by atoms with Gasteiger partial charge in [0.2, 0.25) is 5.91 Å². The molecular formula is C18H26N2O2.